The maximum Gasteiger partial charge on any atom is 0.00754 e. The summed E-state index contributed by atoms with van der Waals surface area (Å²) in [5, 5.41) is 0. The van der Waals surface area contributed by atoms with Crippen molar-refractivity contribution in [2.45, 2.75) is 18.7 Å². The number of thiol groups is 1. The van der Waals surface area contributed by atoms with E-state index in [0.717, 1.165) is 4.90 Å². The molecule has 0 saturated carbocycles. The number of hydrogen-bond donors (Lipinski definition) is 1. The zero-order valence-electron chi connectivity index (χ0n) is 8.99. The van der Waals surface area contributed by atoms with Crippen LogP contribution in [0.4, 0.5) is 0 Å². The Balaban J connectivity index is 2.65. The maximum atomic E-state index is 4.45. The Hall–Kier alpha value is -1.21. The van der Waals surface area contributed by atoms with E-state index in [2.05, 4.69) is 62.9 Å². The van der Waals surface area contributed by atoms with Gasteiger partial charge in [0.1, 0.15) is 0 Å². The molecule has 0 radical (unpaired) electrons. The number of rotatable bonds is 1. The van der Waals surface area contributed by atoms with Crippen molar-refractivity contribution in [2.75, 3.05) is 0 Å². The van der Waals surface area contributed by atoms with E-state index < -0.39 is 0 Å². The van der Waals surface area contributed by atoms with Crippen LogP contribution in [-0.4, -0.2) is 0 Å². The van der Waals surface area contributed by atoms with E-state index in [4.69, 9.17) is 0 Å². The monoisotopic (exact) mass is 214 g/mol. The summed E-state index contributed by atoms with van der Waals surface area (Å²) in [6.07, 6.45) is 0. The first-order chi connectivity index (χ1) is 7.20. The SMILES string of the molecule is Cc1ccccc1-c1cccc(S)c1C. The molecule has 0 atom stereocenters. The van der Waals surface area contributed by atoms with Gasteiger partial charge in [-0.1, -0.05) is 36.4 Å². The lowest BCUT2D eigenvalue weighted by molar-refractivity contribution is 1.30. The Morgan fingerprint density at radius 3 is 2.20 bits per heavy atom. The average Bonchev–Trinajstić information content (AvgIpc) is 2.23. The molecule has 0 heterocycles. The lowest BCUT2D eigenvalue weighted by Gasteiger charge is -2.10. The smallest absolute Gasteiger partial charge is 0.00754 e. The molecular formula is C14H14S. The fourth-order valence-electron chi connectivity index (χ4n) is 1.79. The largest absolute Gasteiger partial charge is 0.143 e. The zero-order chi connectivity index (χ0) is 10.8. The van der Waals surface area contributed by atoms with Gasteiger partial charge in [-0.2, -0.15) is 0 Å². The molecule has 0 N–H and O–H groups in total. The second kappa shape index (κ2) is 4.11. The lowest BCUT2D eigenvalue weighted by Crippen LogP contribution is -1.87. The first kappa shape index (κ1) is 10.3. The first-order valence-electron chi connectivity index (χ1n) is 5.04. The van der Waals surface area contributed by atoms with Gasteiger partial charge in [0, 0.05) is 4.90 Å². The van der Waals surface area contributed by atoms with E-state index in [0.29, 0.717) is 0 Å². The third-order valence-corrected chi connectivity index (χ3v) is 3.22. The summed E-state index contributed by atoms with van der Waals surface area (Å²) >= 11 is 4.45. The minimum absolute atomic E-state index is 1.05. The van der Waals surface area contributed by atoms with Crippen molar-refractivity contribution < 1.29 is 0 Å². The molecule has 1 heteroatoms. The van der Waals surface area contributed by atoms with Crippen LogP contribution in [0.2, 0.25) is 0 Å². The van der Waals surface area contributed by atoms with E-state index in [9.17, 15) is 0 Å². The molecule has 0 aliphatic heterocycles. The van der Waals surface area contributed by atoms with E-state index in [1.54, 1.807) is 0 Å². The van der Waals surface area contributed by atoms with Gasteiger partial charge in [0.25, 0.3) is 0 Å². The summed E-state index contributed by atoms with van der Waals surface area (Å²) in [5.74, 6) is 0. The van der Waals surface area contributed by atoms with Crippen molar-refractivity contribution in [3.63, 3.8) is 0 Å². The van der Waals surface area contributed by atoms with Gasteiger partial charge in [0.05, 0.1) is 0 Å². The molecule has 0 spiro atoms. The zero-order valence-corrected chi connectivity index (χ0v) is 9.88. The second-order valence-corrected chi connectivity index (χ2v) is 4.25. The highest BCUT2D eigenvalue weighted by Crippen LogP contribution is 2.29. The van der Waals surface area contributed by atoms with Crippen molar-refractivity contribution in [1.82, 2.24) is 0 Å². The molecule has 76 valence electrons. The van der Waals surface area contributed by atoms with Crippen LogP contribution < -0.4 is 0 Å². The molecule has 0 unspecified atom stereocenters. The van der Waals surface area contributed by atoms with Crippen molar-refractivity contribution in [1.29, 1.82) is 0 Å². The lowest BCUT2D eigenvalue weighted by atomic mass is 9.97. The summed E-state index contributed by atoms with van der Waals surface area (Å²) in [6, 6.07) is 14.7. The topological polar surface area (TPSA) is 0 Å². The molecule has 2 aromatic rings. The highest BCUT2D eigenvalue weighted by molar-refractivity contribution is 7.80. The van der Waals surface area contributed by atoms with E-state index in [1.807, 2.05) is 6.07 Å². The van der Waals surface area contributed by atoms with Crippen molar-refractivity contribution in [2.24, 2.45) is 0 Å². The molecule has 15 heavy (non-hydrogen) atoms. The van der Waals surface area contributed by atoms with Crippen molar-refractivity contribution >= 4 is 12.6 Å². The molecule has 0 saturated heterocycles. The fraction of sp³-hybridized carbons (Fsp3) is 0.143. The number of benzene rings is 2. The van der Waals surface area contributed by atoms with Crippen LogP contribution in [0, 0.1) is 13.8 Å². The molecule has 0 nitrogen and oxygen atoms in total. The fourth-order valence-corrected chi connectivity index (χ4v) is 2.00. The average molecular weight is 214 g/mol. The second-order valence-electron chi connectivity index (χ2n) is 3.76. The Labute approximate surface area is 96.4 Å². The molecular weight excluding hydrogens is 200 g/mol. The third kappa shape index (κ3) is 1.93. The van der Waals surface area contributed by atoms with Crippen LogP contribution >= 0.6 is 12.6 Å². The Kier molecular flexibility index (Phi) is 2.83. The molecule has 0 fully saturated rings. The molecule has 0 aliphatic carbocycles. The summed E-state index contributed by atoms with van der Waals surface area (Å²) in [7, 11) is 0. The van der Waals surface area contributed by atoms with Gasteiger partial charge in [0.15, 0.2) is 0 Å². The Bertz CT molecular complexity index is 486. The van der Waals surface area contributed by atoms with E-state index in [-0.39, 0.29) is 0 Å². The maximum absolute atomic E-state index is 4.45. The van der Waals surface area contributed by atoms with Gasteiger partial charge in [-0.15, -0.1) is 12.6 Å². The molecule has 0 amide bonds. The number of hydrogen-bond acceptors (Lipinski definition) is 1. The number of aryl methyl sites for hydroxylation is 1. The van der Waals surface area contributed by atoms with E-state index >= 15 is 0 Å². The molecule has 2 rings (SSSR count). The summed E-state index contributed by atoms with van der Waals surface area (Å²) in [5.41, 5.74) is 5.13. The van der Waals surface area contributed by atoms with Crippen molar-refractivity contribution in [3.8, 4) is 11.1 Å². The van der Waals surface area contributed by atoms with Crippen LogP contribution in [0.25, 0.3) is 11.1 Å². The minimum Gasteiger partial charge on any atom is -0.143 e. The van der Waals surface area contributed by atoms with Gasteiger partial charge in [-0.3, -0.25) is 0 Å². The van der Waals surface area contributed by atoms with Crippen molar-refractivity contribution in [3.05, 3.63) is 53.6 Å². The quantitative estimate of drug-likeness (QED) is 0.674. The molecule has 2 aromatic carbocycles. The van der Waals surface area contributed by atoms with Crippen LogP contribution in [0.1, 0.15) is 11.1 Å². The highest BCUT2D eigenvalue weighted by Gasteiger charge is 2.05. The standard InChI is InChI=1S/C14H14S/c1-10-6-3-4-7-12(10)13-8-5-9-14(15)11(13)2/h3-9,15H,1-2H3. The van der Waals surface area contributed by atoms with Crippen LogP contribution in [0.15, 0.2) is 47.4 Å². The van der Waals surface area contributed by atoms with Crippen LogP contribution in [0.5, 0.6) is 0 Å². The van der Waals surface area contributed by atoms with Crippen LogP contribution in [0.3, 0.4) is 0 Å². The minimum atomic E-state index is 1.05. The predicted octanol–water partition coefficient (Wildman–Crippen LogP) is 4.26. The summed E-state index contributed by atoms with van der Waals surface area (Å²) < 4.78 is 0. The van der Waals surface area contributed by atoms with Gasteiger partial charge in [-0.25, -0.2) is 0 Å². The first-order valence-corrected chi connectivity index (χ1v) is 5.49. The van der Waals surface area contributed by atoms with Crippen LogP contribution in [-0.2, 0) is 0 Å². The molecule has 0 aromatic heterocycles. The third-order valence-electron chi connectivity index (χ3n) is 2.74. The summed E-state index contributed by atoms with van der Waals surface area (Å²) in [6.45, 7) is 4.25. The van der Waals surface area contributed by atoms with Gasteiger partial charge >= 0.3 is 0 Å². The predicted molar refractivity (Wildman–Crippen MR) is 68.6 cm³/mol. The van der Waals surface area contributed by atoms with E-state index in [1.165, 1.54) is 22.3 Å². The van der Waals surface area contributed by atoms with Gasteiger partial charge < -0.3 is 0 Å². The highest BCUT2D eigenvalue weighted by atomic mass is 32.1. The molecule has 0 aliphatic rings. The normalized spacial score (nSPS) is 10.3. The summed E-state index contributed by atoms with van der Waals surface area (Å²) in [4.78, 5) is 1.05. The van der Waals surface area contributed by atoms with Gasteiger partial charge in [0.2, 0.25) is 0 Å². The molecule has 0 bridgehead atoms. The Morgan fingerprint density at radius 1 is 0.800 bits per heavy atom. The Morgan fingerprint density at radius 2 is 1.47 bits per heavy atom. The van der Waals surface area contributed by atoms with Gasteiger partial charge in [-0.05, 0) is 42.2 Å².